The highest BCUT2D eigenvalue weighted by molar-refractivity contribution is 5.81. The van der Waals surface area contributed by atoms with E-state index in [-0.39, 0.29) is 5.97 Å². The molecule has 0 spiro atoms. The summed E-state index contributed by atoms with van der Waals surface area (Å²) in [6, 6.07) is 0. The predicted octanol–water partition coefficient (Wildman–Crippen LogP) is 2.50. The van der Waals surface area contributed by atoms with Gasteiger partial charge in [0, 0.05) is 0 Å². The molecule has 0 bridgehead atoms. The zero-order valence-corrected chi connectivity index (χ0v) is 11.6. The summed E-state index contributed by atoms with van der Waals surface area (Å²) in [7, 11) is 0. The lowest BCUT2D eigenvalue weighted by Crippen LogP contribution is -2.55. The average molecular weight is 251 g/mol. The molecule has 1 saturated carbocycles. The van der Waals surface area contributed by atoms with E-state index in [1.807, 2.05) is 6.92 Å². The summed E-state index contributed by atoms with van der Waals surface area (Å²) in [5, 5.41) is 3.22. The van der Waals surface area contributed by atoms with Crippen LogP contribution in [0.25, 0.3) is 0 Å². The van der Waals surface area contributed by atoms with Crippen LogP contribution in [0.4, 0.5) is 0 Å². The Morgan fingerprint density at radius 3 is 2.61 bits per heavy atom. The van der Waals surface area contributed by atoms with Crippen LogP contribution in [-0.2, 0) is 9.53 Å². The fourth-order valence-electron chi connectivity index (χ4n) is 2.81. The molecule has 1 rings (SSSR count). The highest BCUT2D eigenvalue weighted by atomic mass is 16.5. The van der Waals surface area contributed by atoms with Crippen LogP contribution in [0.2, 0.25) is 0 Å². The number of esters is 1. The molecule has 0 heterocycles. The molecule has 1 aliphatic rings. The molecular weight excluding hydrogens is 226 g/mol. The van der Waals surface area contributed by atoms with E-state index in [9.17, 15) is 4.79 Å². The molecule has 18 heavy (non-hydrogen) atoms. The van der Waals surface area contributed by atoms with Gasteiger partial charge in [0.05, 0.1) is 13.2 Å². The zero-order valence-electron chi connectivity index (χ0n) is 11.6. The maximum Gasteiger partial charge on any atom is 0.326 e. The number of carbonyl (C=O) groups is 1. The molecule has 102 valence electrons. The first-order valence-electron chi connectivity index (χ1n) is 7.04. The molecule has 0 saturated heterocycles. The maximum absolute atomic E-state index is 12.1. The molecule has 0 radical (unpaired) electrons. The summed E-state index contributed by atoms with van der Waals surface area (Å²) in [4.78, 5) is 12.1. The molecule has 0 atom stereocenters. The van der Waals surface area contributed by atoms with Crippen LogP contribution in [0.1, 0.15) is 52.4 Å². The predicted molar refractivity (Wildman–Crippen MR) is 73.1 cm³/mol. The molecule has 3 nitrogen and oxygen atoms in total. The molecule has 1 N–H and O–H groups in total. The molecule has 0 amide bonds. The molecule has 1 fully saturated rings. The van der Waals surface area contributed by atoms with Crippen LogP contribution in [-0.4, -0.2) is 24.7 Å². The lowest BCUT2D eigenvalue weighted by atomic mass is 9.75. The van der Waals surface area contributed by atoms with Crippen molar-refractivity contribution in [1.82, 2.24) is 5.32 Å². The van der Waals surface area contributed by atoms with Gasteiger partial charge in [-0.05, 0) is 38.5 Å². The summed E-state index contributed by atoms with van der Waals surface area (Å²) >= 11 is 0. The van der Waals surface area contributed by atoms with Gasteiger partial charge in [-0.25, -0.2) is 0 Å². The van der Waals surface area contributed by atoms with Crippen LogP contribution in [0.3, 0.4) is 0 Å². The molecule has 0 unspecified atom stereocenters. The summed E-state index contributed by atoms with van der Waals surface area (Å²) in [6.45, 7) is 4.91. The number of terminal acetylenes is 1. The fraction of sp³-hybridized carbons (Fsp3) is 0.800. The van der Waals surface area contributed by atoms with E-state index in [4.69, 9.17) is 11.2 Å². The summed E-state index contributed by atoms with van der Waals surface area (Å²) in [5.41, 5.74) is -0.535. The highest BCUT2D eigenvalue weighted by Gasteiger charge is 2.42. The van der Waals surface area contributed by atoms with Crippen molar-refractivity contribution in [3.05, 3.63) is 0 Å². The number of hydrogen-bond donors (Lipinski definition) is 1. The van der Waals surface area contributed by atoms with Crippen molar-refractivity contribution < 1.29 is 9.53 Å². The van der Waals surface area contributed by atoms with E-state index in [0.717, 1.165) is 31.6 Å². The average Bonchev–Trinajstić information content (AvgIpc) is 2.39. The first kappa shape index (κ1) is 15.0. The Labute approximate surface area is 111 Å². The van der Waals surface area contributed by atoms with Crippen molar-refractivity contribution >= 4 is 5.97 Å². The lowest BCUT2D eigenvalue weighted by Gasteiger charge is -2.38. The Balaban J connectivity index is 2.64. The molecule has 0 aromatic rings. The van der Waals surface area contributed by atoms with Gasteiger partial charge in [-0.2, -0.15) is 0 Å². The third-order valence-electron chi connectivity index (χ3n) is 3.85. The van der Waals surface area contributed by atoms with Crippen molar-refractivity contribution in [1.29, 1.82) is 0 Å². The van der Waals surface area contributed by atoms with Crippen LogP contribution in [0.15, 0.2) is 0 Å². The smallest absolute Gasteiger partial charge is 0.326 e. The molecule has 0 aliphatic heterocycles. The molecule has 1 aliphatic carbocycles. The van der Waals surface area contributed by atoms with E-state index in [2.05, 4.69) is 18.2 Å². The van der Waals surface area contributed by atoms with Crippen LogP contribution < -0.4 is 5.32 Å². The zero-order chi connectivity index (χ0) is 13.4. The minimum Gasteiger partial charge on any atom is -0.465 e. The van der Waals surface area contributed by atoms with Crippen molar-refractivity contribution in [3.63, 3.8) is 0 Å². The normalized spacial score (nSPS) is 27.5. The van der Waals surface area contributed by atoms with Gasteiger partial charge >= 0.3 is 5.97 Å². The van der Waals surface area contributed by atoms with E-state index < -0.39 is 5.54 Å². The Morgan fingerprint density at radius 1 is 1.44 bits per heavy atom. The van der Waals surface area contributed by atoms with Gasteiger partial charge in [0.15, 0.2) is 0 Å². The Hall–Kier alpha value is -1.01. The number of rotatable bonds is 6. The van der Waals surface area contributed by atoms with E-state index in [0.29, 0.717) is 13.2 Å². The van der Waals surface area contributed by atoms with Crippen molar-refractivity contribution in [2.75, 3.05) is 13.2 Å². The Kier molecular flexibility index (Phi) is 6.21. The number of nitrogens with one attached hydrogen (secondary N) is 1. The lowest BCUT2D eigenvalue weighted by molar-refractivity contribution is -0.153. The molecule has 3 heteroatoms. The first-order chi connectivity index (χ1) is 8.68. The second kappa shape index (κ2) is 7.43. The third kappa shape index (κ3) is 3.74. The largest absolute Gasteiger partial charge is 0.465 e. The van der Waals surface area contributed by atoms with Crippen LogP contribution in [0.5, 0.6) is 0 Å². The van der Waals surface area contributed by atoms with Gasteiger partial charge < -0.3 is 4.74 Å². The minimum absolute atomic E-state index is 0.129. The van der Waals surface area contributed by atoms with Gasteiger partial charge in [-0.1, -0.05) is 25.7 Å². The second-order valence-electron chi connectivity index (χ2n) is 5.09. The topological polar surface area (TPSA) is 38.3 Å². The van der Waals surface area contributed by atoms with Gasteiger partial charge in [-0.15, -0.1) is 6.42 Å². The fourth-order valence-corrected chi connectivity index (χ4v) is 2.81. The summed E-state index contributed by atoms with van der Waals surface area (Å²) in [6.07, 6.45) is 11.6. The molecular formula is C15H25NO2. The van der Waals surface area contributed by atoms with Crippen molar-refractivity contribution in [3.8, 4) is 12.3 Å². The van der Waals surface area contributed by atoms with E-state index in [1.54, 1.807) is 0 Å². The standard InChI is InChI=1S/C15H25NO2/c1-4-7-13-8-10-15(11-9-13,16-12-5-2)14(17)18-6-3/h2,13,16H,4,6-12H2,1,3H3. The van der Waals surface area contributed by atoms with Gasteiger partial charge in [0.1, 0.15) is 5.54 Å². The number of hydrogen-bond acceptors (Lipinski definition) is 3. The minimum atomic E-state index is -0.535. The SMILES string of the molecule is C#CCNC1(C(=O)OCC)CCC(CCC)CC1. The Morgan fingerprint density at radius 2 is 2.11 bits per heavy atom. The van der Waals surface area contributed by atoms with E-state index in [1.165, 1.54) is 12.8 Å². The van der Waals surface area contributed by atoms with Gasteiger partial charge in [-0.3, -0.25) is 10.1 Å². The monoisotopic (exact) mass is 251 g/mol. The summed E-state index contributed by atoms with van der Waals surface area (Å²) in [5.74, 6) is 3.18. The Bertz CT molecular complexity index is 298. The first-order valence-corrected chi connectivity index (χ1v) is 7.04. The second-order valence-corrected chi connectivity index (χ2v) is 5.09. The quantitative estimate of drug-likeness (QED) is 0.582. The molecule has 0 aromatic carbocycles. The highest BCUT2D eigenvalue weighted by Crippen LogP contribution is 2.35. The van der Waals surface area contributed by atoms with Crippen molar-refractivity contribution in [2.45, 2.75) is 57.9 Å². The van der Waals surface area contributed by atoms with Crippen LogP contribution >= 0.6 is 0 Å². The van der Waals surface area contributed by atoms with Crippen LogP contribution in [0, 0.1) is 18.3 Å². The maximum atomic E-state index is 12.1. The van der Waals surface area contributed by atoms with Crippen molar-refractivity contribution in [2.24, 2.45) is 5.92 Å². The van der Waals surface area contributed by atoms with Gasteiger partial charge in [0.25, 0.3) is 0 Å². The number of ether oxygens (including phenoxy) is 1. The third-order valence-corrected chi connectivity index (χ3v) is 3.85. The molecule has 0 aromatic heterocycles. The summed E-state index contributed by atoms with van der Waals surface area (Å²) < 4.78 is 5.21. The van der Waals surface area contributed by atoms with Gasteiger partial charge in [0.2, 0.25) is 0 Å². The number of carbonyl (C=O) groups excluding carboxylic acids is 1. The van der Waals surface area contributed by atoms with E-state index >= 15 is 0 Å².